The molecule has 2 unspecified atom stereocenters. The minimum atomic E-state index is -5.05. The number of rotatable bonds is 6. The maximum Gasteiger partial charge on any atom is 0.416 e. The Morgan fingerprint density at radius 2 is 1.45 bits per heavy atom. The standard InChI is InChI=1S/C37H39F6N3O3/c1-25-7-5-6-10-27(25)24-45-18-14-35(49-34(45)48)12-16-44(17-13-35)31-11-15-46(32(23-31)19-26-8-3-2-4-9-26)33(47)28-20-29(36(38,39)40)22-30(21-28)37(41,42)43/h2-10,20-22,31-32H,11-19,23-24H2,1H3. The van der Waals surface area contributed by atoms with E-state index in [0.717, 1.165) is 23.1 Å². The summed E-state index contributed by atoms with van der Waals surface area (Å²) < 4.78 is 87.8. The van der Waals surface area contributed by atoms with Crippen LogP contribution in [0.3, 0.4) is 0 Å². The minimum Gasteiger partial charge on any atom is -0.443 e. The van der Waals surface area contributed by atoms with Crippen LogP contribution >= 0.6 is 0 Å². The second kappa shape index (κ2) is 13.7. The number of benzene rings is 3. The Morgan fingerprint density at radius 3 is 2.06 bits per heavy atom. The number of nitrogens with zero attached hydrogens (tertiary/aromatic N) is 3. The van der Waals surface area contributed by atoms with Gasteiger partial charge in [0, 0.05) is 69.6 Å². The molecule has 262 valence electrons. The highest BCUT2D eigenvalue weighted by atomic mass is 19.4. The molecule has 3 heterocycles. The molecule has 6 rings (SSSR count). The molecule has 3 aliphatic rings. The lowest BCUT2D eigenvalue weighted by Crippen LogP contribution is -2.58. The van der Waals surface area contributed by atoms with Crippen molar-refractivity contribution in [1.29, 1.82) is 0 Å². The van der Waals surface area contributed by atoms with E-state index >= 15 is 0 Å². The van der Waals surface area contributed by atoms with Crippen molar-refractivity contribution in [3.63, 3.8) is 0 Å². The summed E-state index contributed by atoms with van der Waals surface area (Å²) in [4.78, 5) is 32.3. The Labute approximate surface area is 281 Å². The summed E-state index contributed by atoms with van der Waals surface area (Å²) >= 11 is 0. The van der Waals surface area contributed by atoms with Crippen molar-refractivity contribution in [3.8, 4) is 0 Å². The summed E-state index contributed by atoms with van der Waals surface area (Å²) in [6.07, 6.45) is -6.97. The fourth-order valence-electron chi connectivity index (χ4n) is 7.47. The van der Waals surface area contributed by atoms with Gasteiger partial charge >= 0.3 is 18.4 Å². The van der Waals surface area contributed by atoms with Crippen molar-refractivity contribution in [2.24, 2.45) is 0 Å². The van der Waals surface area contributed by atoms with Crippen molar-refractivity contribution in [3.05, 3.63) is 106 Å². The number of aryl methyl sites for hydroxylation is 1. The average Bonchev–Trinajstić information content (AvgIpc) is 3.06. The van der Waals surface area contributed by atoms with Crippen molar-refractivity contribution in [2.45, 2.75) is 82.0 Å². The Kier molecular flexibility index (Phi) is 9.72. The van der Waals surface area contributed by atoms with Crippen molar-refractivity contribution >= 4 is 12.0 Å². The van der Waals surface area contributed by atoms with E-state index in [9.17, 15) is 35.9 Å². The average molecular weight is 688 g/mol. The van der Waals surface area contributed by atoms with Crippen molar-refractivity contribution in [1.82, 2.24) is 14.7 Å². The summed E-state index contributed by atoms with van der Waals surface area (Å²) in [6, 6.07) is 17.9. The first-order chi connectivity index (χ1) is 23.2. The van der Waals surface area contributed by atoms with Gasteiger partial charge in [0.25, 0.3) is 5.91 Å². The first kappa shape index (κ1) is 34.8. The Hall–Kier alpha value is -4.06. The zero-order chi connectivity index (χ0) is 35.0. The number of likely N-dealkylation sites (tertiary alicyclic amines) is 2. The van der Waals surface area contributed by atoms with Crippen LogP contribution in [-0.4, -0.2) is 70.6 Å². The summed E-state index contributed by atoms with van der Waals surface area (Å²) in [6.45, 7) is 4.63. The van der Waals surface area contributed by atoms with Gasteiger partial charge in [-0.1, -0.05) is 54.6 Å². The largest absolute Gasteiger partial charge is 0.443 e. The topological polar surface area (TPSA) is 53.1 Å². The zero-order valence-electron chi connectivity index (χ0n) is 27.2. The molecule has 6 nitrogen and oxygen atoms in total. The van der Waals surface area contributed by atoms with Gasteiger partial charge in [0.05, 0.1) is 11.1 Å². The lowest BCUT2D eigenvalue weighted by molar-refractivity contribution is -0.143. The molecule has 3 aliphatic heterocycles. The smallest absolute Gasteiger partial charge is 0.416 e. The molecule has 0 radical (unpaired) electrons. The number of hydrogen-bond acceptors (Lipinski definition) is 4. The predicted octanol–water partition coefficient (Wildman–Crippen LogP) is 8.13. The quantitative estimate of drug-likeness (QED) is 0.246. The van der Waals surface area contributed by atoms with Crippen LogP contribution in [0.15, 0.2) is 72.8 Å². The lowest BCUT2D eigenvalue weighted by Gasteiger charge is -2.49. The van der Waals surface area contributed by atoms with Crippen LogP contribution < -0.4 is 0 Å². The molecule has 3 fully saturated rings. The number of amides is 2. The van der Waals surface area contributed by atoms with Gasteiger partial charge in [-0.2, -0.15) is 26.3 Å². The third kappa shape index (κ3) is 7.90. The molecule has 0 aliphatic carbocycles. The molecular weight excluding hydrogens is 648 g/mol. The monoisotopic (exact) mass is 687 g/mol. The van der Waals surface area contributed by atoms with Crippen LogP contribution in [0, 0.1) is 6.92 Å². The van der Waals surface area contributed by atoms with Crippen LogP contribution in [0.25, 0.3) is 0 Å². The third-order valence-electron chi connectivity index (χ3n) is 10.3. The molecule has 12 heteroatoms. The third-order valence-corrected chi connectivity index (χ3v) is 10.3. The number of piperidine rings is 2. The Bertz CT molecular complexity index is 1620. The van der Waals surface area contributed by atoms with Gasteiger partial charge in [0.15, 0.2) is 0 Å². The Morgan fingerprint density at radius 1 is 0.837 bits per heavy atom. The fraction of sp³-hybridized carbons (Fsp3) is 0.459. The van der Waals surface area contributed by atoms with Gasteiger partial charge in [-0.25, -0.2) is 4.79 Å². The van der Waals surface area contributed by atoms with E-state index in [1.807, 2.05) is 61.5 Å². The maximum absolute atomic E-state index is 13.8. The second-order valence-corrected chi connectivity index (χ2v) is 13.5. The number of halogens is 6. The molecule has 0 bridgehead atoms. The molecule has 49 heavy (non-hydrogen) atoms. The van der Waals surface area contributed by atoms with Gasteiger partial charge in [-0.15, -0.1) is 0 Å². The SMILES string of the molecule is Cc1ccccc1CN1CCC2(CCN(C3CCN(C(=O)c4cc(C(F)(F)F)cc(C(F)(F)F)c4)C(Cc4ccccc4)C3)CC2)OC1=O. The summed E-state index contributed by atoms with van der Waals surface area (Å²) in [5, 5.41) is 0. The fourth-order valence-corrected chi connectivity index (χ4v) is 7.47. The Balaban J connectivity index is 1.15. The number of hydrogen-bond donors (Lipinski definition) is 0. The molecule has 3 saturated heterocycles. The van der Waals surface area contributed by atoms with Crippen LogP contribution in [0.2, 0.25) is 0 Å². The minimum absolute atomic E-state index is 0.0406. The molecular formula is C37H39F6N3O3. The molecule has 2 atom stereocenters. The highest BCUT2D eigenvalue weighted by Gasteiger charge is 2.45. The zero-order valence-corrected chi connectivity index (χ0v) is 27.2. The van der Waals surface area contributed by atoms with E-state index in [0.29, 0.717) is 70.4 Å². The van der Waals surface area contributed by atoms with E-state index in [1.165, 1.54) is 4.90 Å². The van der Waals surface area contributed by atoms with E-state index in [2.05, 4.69) is 4.90 Å². The van der Waals surface area contributed by atoms with Gasteiger partial charge in [-0.05, 0) is 61.1 Å². The van der Waals surface area contributed by atoms with Gasteiger partial charge in [0.2, 0.25) is 0 Å². The molecule has 0 saturated carbocycles. The summed E-state index contributed by atoms with van der Waals surface area (Å²) in [5.74, 6) is -0.849. The number of ether oxygens (including phenoxy) is 1. The highest BCUT2D eigenvalue weighted by molar-refractivity contribution is 5.95. The highest BCUT2D eigenvalue weighted by Crippen LogP contribution is 2.39. The van der Waals surface area contributed by atoms with Gasteiger partial charge in [-0.3, -0.25) is 9.69 Å². The van der Waals surface area contributed by atoms with Crippen LogP contribution in [0.4, 0.5) is 31.1 Å². The number of carbonyl (C=O) groups excluding carboxylic acids is 2. The number of carbonyl (C=O) groups is 2. The first-order valence-corrected chi connectivity index (χ1v) is 16.6. The lowest BCUT2D eigenvalue weighted by atomic mass is 9.84. The summed E-state index contributed by atoms with van der Waals surface area (Å²) in [7, 11) is 0. The van der Waals surface area contributed by atoms with Crippen molar-refractivity contribution < 1.29 is 40.7 Å². The number of alkyl halides is 6. The van der Waals surface area contributed by atoms with Gasteiger partial charge in [0.1, 0.15) is 5.60 Å². The molecule has 3 aromatic carbocycles. The normalized spacial score (nSPS) is 21.9. The van der Waals surface area contributed by atoms with Crippen LogP contribution in [-0.2, 0) is 30.1 Å². The molecule has 0 N–H and O–H groups in total. The van der Waals surface area contributed by atoms with E-state index in [1.54, 1.807) is 4.90 Å². The molecule has 1 spiro atoms. The molecule has 3 aromatic rings. The predicted molar refractivity (Wildman–Crippen MR) is 171 cm³/mol. The van der Waals surface area contributed by atoms with E-state index in [4.69, 9.17) is 4.74 Å². The van der Waals surface area contributed by atoms with Crippen LogP contribution in [0.1, 0.15) is 70.3 Å². The summed E-state index contributed by atoms with van der Waals surface area (Å²) in [5.41, 5.74) is -1.09. The van der Waals surface area contributed by atoms with E-state index in [-0.39, 0.29) is 24.7 Å². The molecule has 0 aromatic heterocycles. The second-order valence-electron chi connectivity index (χ2n) is 13.5. The molecule has 2 amide bonds. The van der Waals surface area contributed by atoms with Gasteiger partial charge < -0.3 is 14.5 Å². The first-order valence-electron chi connectivity index (χ1n) is 16.6. The maximum atomic E-state index is 13.8. The van der Waals surface area contributed by atoms with Crippen molar-refractivity contribution in [2.75, 3.05) is 26.2 Å². The van der Waals surface area contributed by atoms with Crippen LogP contribution in [0.5, 0.6) is 0 Å². The van der Waals surface area contributed by atoms with E-state index < -0.39 is 46.6 Å².